The van der Waals surface area contributed by atoms with E-state index in [1.54, 1.807) is 18.2 Å². The maximum Gasteiger partial charge on any atom is 0.325 e. The minimum absolute atomic E-state index is 0.0490. The van der Waals surface area contributed by atoms with Crippen LogP contribution < -0.4 is 16.0 Å². The van der Waals surface area contributed by atoms with E-state index in [1.807, 2.05) is 44.2 Å². The topological polar surface area (TPSA) is 90.5 Å². The van der Waals surface area contributed by atoms with Crippen molar-refractivity contribution in [3.8, 4) is 0 Å². The Kier molecular flexibility index (Phi) is 6.61. The number of nitrogens with zero attached hydrogens (tertiary/aromatic N) is 1. The second-order valence-corrected chi connectivity index (χ2v) is 9.37. The number of urea groups is 1. The minimum Gasteiger partial charge on any atom is -0.377 e. The first-order chi connectivity index (χ1) is 15.8. The number of amides is 4. The van der Waals surface area contributed by atoms with Crippen LogP contribution in [0.4, 0.5) is 16.2 Å². The van der Waals surface area contributed by atoms with Crippen molar-refractivity contribution in [1.82, 2.24) is 10.2 Å². The van der Waals surface area contributed by atoms with E-state index in [0.717, 1.165) is 35.4 Å². The molecule has 3 atom stereocenters. The fraction of sp³-hybridized carbons (Fsp3) is 0.400. The van der Waals surface area contributed by atoms with Gasteiger partial charge in [0.1, 0.15) is 12.1 Å². The van der Waals surface area contributed by atoms with E-state index in [9.17, 15) is 14.4 Å². The van der Waals surface area contributed by atoms with Gasteiger partial charge in [-0.1, -0.05) is 61.7 Å². The monoisotopic (exact) mass is 468 g/mol. The van der Waals surface area contributed by atoms with Gasteiger partial charge in [0.05, 0.1) is 10.7 Å². The molecule has 2 aliphatic rings. The van der Waals surface area contributed by atoms with E-state index in [-0.39, 0.29) is 24.4 Å². The number of carbonyl (C=O) groups is 3. The van der Waals surface area contributed by atoms with Crippen LogP contribution in [0.3, 0.4) is 0 Å². The summed E-state index contributed by atoms with van der Waals surface area (Å²) in [5, 5.41) is 9.43. The number of carbonyl (C=O) groups excluding carboxylic acids is 3. The van der Waals surface area contributed by atoms with E-state index in [2.05, 4.69) is 16.0 Å². The van der Waals surface area contributed by atoms with Crippen LogP contribution in [0, 0.1) is 5.92 Å². The summed E-state index contributed by atoms with van der Waals surface area (Å²) in [5.74, 6) is -0.705. The molecule has 2 aromatic rings. The summed E-state index contributed by atoms with van der Waals surface area (Å²) in [6.07, 6.45) is 3.43. The molecule has 2 fully saturated rings. The number of anilines is 2. The lowest BCUT2D eigenvalue weighted by Gasteiger charge is -2.36. The maximum absolute atomic E-state index is 13.0. The van der Waals surface area contributed by atoms with E-state index in [4.69, 9.17) is 11.6 Å². The van der Waals surface area contributed by atoms with E-state index in [0.29, 0.717) is 17.1 Å². The lowest BCUT2D eigenvalue weighted by Crippen LogP contribution is -2.54. The highest BCUT2D eigenvalue weighted by Gasteiger charge is 2.55. The van der Waals surface area contributed by atoms with E-state index < -0.39 is 17.5 Å². The van der Waals surface area contributed by atoms with Crippen LogP contribution in [0.1, 0.15) is 51.1 Å². The summed E-state index contributed by atoms with van der Waals surface area (Å²) in [6, 6.07) is 14.7. The third-order valence-corrected chi connectivity index (χ3v) is 7.04. The van der Waals surface area contributed by atoms with Gasteiger partial charge in [-0.25, -0.2) is 4.79 Å². The fourth-order valence-corrected chi connectivity index (χ4v) is 4.99. The highest BCUT2D eigenvalue weighted by molar-refractivity contribution is 6.33. The van der Waals surface area contributed by atoms with Gasteiger partial charge in [0.25, 0.3) is 5.91 Å². The standard InChI is InChI=1S/C25H29ClN4O3/c1-16-8-6-7-13-25(16)23(32)30(24(33)29-25)15-22(31)28-19-11-12-21(20(26)14-19)27-17(2)18-9-4-3-5-10-18/h3-5,9-12,14,16-17,27H,6-8,13,15H2,1-2H3,(H,28,31)(H,29,33)/t16-,17-,25-/m0/s1. The molecular formula is C25H29ClN4O3. The Bertz CT molecular complexity index is 1060. The zero-order chi connectivity index (χ0) is 23.6. The Balaban J connectivity index is 1.38. The molecule has 2 aromatic carbocycles. The van der Waals surface area contributed by atoms with E-state index >= 15 is 0 Å². The van der Waals surface area contributed by atoms with Gasteiger partial charge in [0, 0.05) is 11.7 Å². The second-order valence-electron chi connectivity index (χ2n) is 8.96. The Hall–Kier alpha value is -3.06. The number of rotatable bonds is 6. The Morgan fingerprint density at radius 2 is 1.97 bits per heavy atom. The molecule has 1 aliphatic carbocycles. The molecule has 3 N–H and O–H groups in total. The van der Waals surface area contributed by atoms with Crippen LogP contribution in [0.15, 0.2) is 48.5 Å². The van der Waals surface area contributed by atoms with Gasteiger partial charge in [0.2, 0.25) is 5.91 Å². The molecule has 0 bridgehead atoms. The molecule has 1 heterocycles. The van der Waals surface area contributed by atoms with Crippen molar-refractivity contribution < 1.29 is 14.4 Å². The van der Waals surface area contributed by atoms with Gasteiger partial charge in [0.15, 0.2) is 0 Å². The molecule has 0 aromatic heterocycles. The Morgan fingerprint density at radius 1 is 1.21 bits per heavy atom. The summed E-state index contributed by atoms with van der Waals surface area (Å²) >= 11 is 6.43. The average Bonchev–Trinajstić information content (AvgIpc) is 3.03. The van der Waals surface area contributed by atoms with Gasteiger partial charge in [-0.3, -0.25) is 14.5 Å². The SMILES string of the molecule is C[C@H](Nc1ccc(NC(=O)CN2C(=O)N[C@]3(CCCC[C@@H]3C)C2=O)cc1Cl)c1ccccc1. The predicted octanol–water partition coefficient (Wildman–Crippen LogP) is 4.95. The summed E-state index contributed by atoms with van der Waals surface area (Å²) in [4.78, 5) is 39.2. The molecule has 1 saturated heterocycles. The molecule has 0 unspecified atom stereocenters. The summed E-state index contributed by atoms with van der Waals surface area (Å²) in [6.45, 7) is 3.69. The van der Waals surface area contributed by atoms with Gasteiger partial charge in [-0.15, -0.1) is 0 Å². The summed E-state index contributed by atoms with van der Waals surface area (Å²) in [7, 11) is 0. The quantitative estimate of drug-likeness (QED) is 0.523. The molecule has 1 aliphatic heterocycles. The van der Waals surface area contributed by atoms with Crippen LogP contribution in [-0.2, 0) is 9.59 Å². The van der Waals surface area contributed by atoms with Crippen molar-refractivity contribution in [2.24, 2.45) is 5.92 Å². The first-order valence-electron chi connectivity index (χ1n) is 11.3. The van der Waals surface area contributed by atoms with Crippen molar-refractivity contribution >= 4 is 40.8 Å². The van der Waals surface area contributed by atoms with Crippen molar-refractivity contribution in [2.75, 3.05) is 17.2 Å². The number of halogens is 1. The van der Waals surface area contributed by atoms with Crippen molar-refractivity contribution in [3.63, 3.8) is 0 Å². The number of nitrogens with one attached hydrogen (secondary N) is 3. The maximum atomic E-state index is 13.0. The van der Waals surface area contributed by atoms with Gasteiger partial charge < -0.3 is 16.0 Å². The number of hydrogen-bond donors (Lipinski definition) is 3. The normalized spacial score (nSPS) is 23.4. The largest absolute Gasteiger partial charge is 0.377 e. The molecule has 1 saturated carbocycles. The van der Waals surface area contributed by atoms with Crippen molar-refractivity contribution in [2.45, 2.75) is 51.1 Å². The first-order valence-corrected chi connectivity index (χ1v) is 11.7. The highest BCUT2D eigenvalue weighted by Crippen LogP contribution is 2.38. The van der Waals surface area contributed by atoms with Gasteiger partial charge in [-0.2, -0.15) is 0 Å². The van der Waals surface area contributed by atoms with Crippen LogP contribution in [-0.4, -0.2) is 34.8 Å². The lowest BCUT2D eigenvalue weighted by atomic mass is 9.73. The molecule has 1 spiro atoms. The fourth-order valence-electron chi connectivity index (χ4n) is 4.75. The van der Waals surface area contributed by atoms with Crippen LogP contribution in [0.5, 0.6) is 0 Å². The molecule has 7 nitrogen and oxygen atoms in total. The van der Waals surface area contributed by atoms with Crippen molar-refractivity contribution in [1.29, 1.82) is 0 Å². The van der Waals surface area contributed by atoms with E-state index in [1.165, 1.54) is 0 Å². The van der Waals surface area contributed by atoms with Crippen molar-refractivity contribution in [3.05, 3.63) is 59.1 Å². The third-order valence-electron chi connectivity index (χ3n) is 6.73. The number of hydrogen-bond acceptors (Lipinski definition) is 4. The zero-order valence-corrected chi connectivity index (χ0v) is 19.6. The molecular weight excluding hydrogens is 440 g/mol. The molecule has 8 heteroatoms. The number of imide groups is 1. The summed E-state index contributed by atoms with van der Waals surface area (Å²) < 4.78 is 0. The second kappa shape index (κ2) is 9.43. The lowest BCUT2D eigenvalue weighted by molar-refractivity contribution is -0.136. The third kappa shape index (κ3) is 4.69. The highest BCUT2D eigenvalue weighted by atomic mass is 35.5. The molecule has 4 amide bonds. The number of benzene rings is 2. The van der Waals surface area contributed by atoms with Crippen LogP contribution >= 0.6 is 11.6 Å². The smallest absolute Gasteiger partial charge is 0.325 e. The van der Waals surface area contributed by atoms with Gasteiger partial charge >= 0.3 is 6.03 Å². The molecule has 174 valence electrons. The Morgan fingerprint density at radius 3 is 2.67 bits per heavy atom. The van der Waals surface area contributed by atoms with Gasteiger partial charge in [-0.05, 0) is 49.4 Å². The Labute approximate surface area is 198 Å². The van der Waals surface area contributed by atoms with Crippen LogP contribution in [0.2, 0.25) is 5.02 Å². The molecule has 0 radical (unpaired) electrons. The first kappa shape index (κ1) is 23.1. The summed E-state index contributed by atoms with van der Waals surface area (Å²) in [5.41, 5.74) is 1.50. The zero-order valence-electron chi connectivity index (χ0n) is 18.9. The predicted molar refractivity (Wildman–Crippen MR) is 129 cm³/mol. The van der Waals surface area contributed by atoms with Crippen LogP contribution in [0.25, 0.3) is 0 Å². The molecule has 33 heavy (non-hydrogen) atoms. The minimum atomic E-state index is -0.873. The average molecular weight is 469 g/mol. The molecule has 4 rings (SSSR count).